The molecule has 2 heterocycles. The first kappa shape index (κ1) is 12.8. The van der Waals surface area contributed by atoms with Gasteiger partial charge in [0.15, 0.2) is 0 Å². The van der Waals surface area contributed by atoms with Crippen molar-refractivity contribution in [2.75, 3.05) is 26.2 Å². The highest BCUT2D eigenvalue weighted by Crippen LogP contribution is 2.37. The number of hydrogen-bond donors (Lipinski definition) is 1. The molecule has 4 nitrogen and oxygen atoms in total. The van der Waals surface area contributed by atoms with Crippen LogP contribution < -0.4 is 0 Å². The fourth-order valence-electron chi connectivity index (χ4n) is 3.60. The summed E-state index contributed by atoms with van der Waals surface area (Å²) in [6.07, 6.45) is 7.18. The predicted molar refractivity (Wildman–Crippen MR) is 66.9 cm³/mol. The molecule has 0 aromatic rings. The Bertz CT molecular complexity index is 277. The Labute approximate surface area is 104 Å². The third-order valence-electron chi connectivity index (χ3n) is 4.43. The molecule has 2 saturated heterocycles. The quantitative estimate of drug-likeness (QED) is 0.813. The first-order valence-electron chi connectivity index (χ1n) is 6.91. The van der Waals surface area contributed by atoms with Crippen LogP contribution in [0.1, 0.15) is 45.4 Å². The number of carboxylic acid groups (broad SMARTS) is 1. The molecule has 98 valence electrons. The van der Waals surface area contributed by atoms with E-state index in [2.05, 4.69) is 16.7 Å². The second-order valence-electron chi connectivity index (χ2n) is 5.30. The van der Waals surface area contributed by atoms with Gasteiger partial charge in [0.25, 0.3) is 0 Å². The van der Waals surface area contributed by atoms with Gasteiger partial charge in [0, 0.05) is 6.54 Å². The summed E-state index contributed by atoms with van der Waals surface area (Å²) in [6, 6.07) is 0. The maximum atomic E-state index is 11.0. The van der Waals surface area contributed by atoms with Gasteiger partial charge in [0.2, 0.25) is 0 Å². The summed E-state index contributed by atoms with van der Waals surface area (Å²) in [5.41, 5.74) is 0.0405. The van der Waals surface area contributed by atoms with E-state index < -0.39 is 5.97 Å². The van der Waals surface area contributed by atoms with Crippen LogP contribution in [0.25, 0.3) is 0 Å². The highest BCUT2D eigenvalue weighted by molar-refractivity contribution is 5.69. The van der Waals surface area contributed by atoms with Gasteiger partial charge in [-0.1, -0.05) is 13.3 Å². The molecule has 17 heavy (non-hydrogen) atoms. The monoisotopic (exact) mass is 240 g/mol. The molecule has 2 rings (SSSR count). The van der Waals surface area contributed by atoms with Crippen LogP contribution in [-0.4, -0.2) is 52.7 Å². The van der Waals surface area contributed by atoms with Gasteiger partial charge in [-0.05, 0) is 45.2 Å². The Morgan fingerprint density at radius 2 is 1.88 bits per heavy atom. The Morgan fingerprint density at radius 3 is 2.47 bits per heavy atom. The van der Waals surface area contributed by atoms with E-state index in [1.54, 1.807) is 0 Å². The molecule has 2 aliphatic rings. The highest BCUT2D eigenvalue weighted by Gasteiger charge is 2.44. The fraction of sp³-hybridized carbons (Fsp3) is 0.923. The van der Waals surface area contributed by atoms with Crippen molar-refractivity contribution >= 4 is 5.97 Å². The smallest absolute Gasteiger partial charge is 0.317 e. The number of piperidine rings is 1. The zero-order valence-corrected chi connectivity index (χ0v) is 10.8. The molecule has 0 aromatic carbocycles. The van der Waals surface area contributed by atoms with Crippen LogP contribution in [0.15, 0.2) is 0 Å². The Kier molecular flexibility index (Phi) is 4.05. The zero-order chi connectivity index (χ0) is 12.3. The van der Waals surface area contributed by atoms with E-state index in [0.717, 1.165) is 38.9 Å². The fourth-order valence-corrected chi connectivity index (χ4v) is 3.60. The lowest BCUT2D eigenvalue weighted by molar-refractivity contribution is -0.142. The van der Waals surface area contributed by atoms with Gasteiger partial charge < -0.3 is 5.11 Å². The summed E-state index contributed by atoms with van der Waals surface area (Å²) in [5, 5.41) is 9.04. The van der Waals surface area contributed by atoms with E-state index >= 15 is 0 Å². The van der Waals surface area contributed by atoms with E-state index in [4.69, 9.17) is 5.11 Å². The lowest BCUT2D eigenvalue weighted by Crippen LogP contribution is -2.59. The molecule has 4 heteroatoms. The first-order valence-corrected chi connectivity index (χ1v) is 6.91. The third kappa shape index (κ3) is 2.47. The molecule has 1 unspecified atom stereocenters. The molecule has 0 saturated carbocycles. The molecule has 0 spiro atoms. The highest BCUT2D eigenvalue weighted by atomic mass is 16.4. The average Bonchev–Trinajstić information content (AvgIpc) is 2.73. The van der Waals surface area contributed by atoms with E-state index in [1.807, 2.05) is 0 Å². The largest absolute Gasteiger partial charge is 0.480 e. The standard InChI is InChI=1S/C13H24N2O2/c1-2-13(14-8-4-3-5-9-14)7-6-10-15(13)11-12(16)17/h2-11H2,1H3,(H,16,17). The summed E-state index contributed by atoms with van der Waals surface area (Å²) in [6.45, 7) is 5.63. The van der Waals surface area contributed by atoms with E-state index in [1.165, 1.54) is 19.3 Å². The number of nitrogens with zero attached hydrogens (tertiary/aromatic N) is 2. The summed E-state index contributed by atoms with van der Waals surface area (Å²) in [5.74, 6) is -0.693. The van der Waals surface area contributed by atoms with Crippen LogP contribution in [0.4, 0.5) is 0 Å². The average molecular weight is 240 g/mol. The molecule has 2 fully saturated rings. The Hall–Kier alpha value is -0.610. The maximum Gasteiger partial charge on any atom is 0.317 e. The molecule has 0 bridgehead atoms. The lowest BCUT2D eigenvalue weighted by Gasteiger charge is -2.48. The molecule has 0 amide bonds. The molecular formula is C13H24N2O2. The topological polar surface area (TPSA) is 43.8 Å². The van der Waals surface area contributed by atoms with Crippen molar-refractivity contribution in [2.45, 2.75) is 51.1 Å². The van der Waals surface area contributed by atoms with Gasteiger partial charge in [-0.25, -0.2) is 0 Å². The van der Waals surface area contributed by atoms with Gasteiger partial charge in [0.1, 0.15) is 0 Å². The van der Waals surface area contributed by atoms with E-state index in [-0.39, 0.29) is 12.2 Å². The van der Waals surface area contributed by atoms with Gasteiger partial charge in [0.05, 0.1) is 12.2 Å². The minimum atomic E-state index is -0.693. The van der Waals surface area contributed by atoms with Crippen LogP contribution in [0.3, 0.4) is 0 Å². The molecule has 1 N–H and O–H groups in total. The molecule has 0 radical (unpaired) electrons. The normalized spacial score (nSPS) is 31.8. The van der Waals surface area contributed by atoms with Crippen molar-refractivity contribution in [1.82, 2.24) is 9.80 Å². The van der Waals surface area contributed by atoms with Crippen LogP contribution >= 0.6 is 0 Å². The maximum absolute atomic E-state index is 11.0. The van der Waals surface area contributed by atoms with Crippen LogP contribution in [0.2, 0.25) is 0 Å². The number of carbonyl (C=O) groups is 1. The number of rotatable bonds is 4. The van der Waals surface area contributed by atoms with Crippen molar-refractivity contribution in [1.29, 1.82) is 0 Å². The summed E-state index contributed by atoms with van der Waals surface area (Å²) < 4.78 is 0. The van der Waals surface area contributed by atoms with Gasteiger partial charge in [-0.15, -0.1) is 0 Å². The minimum Gasteiger partial charge on any atom is -0.480 e. The second-order valence-corrected chi connectivity index (χ2v) is 5.30. The summed E-state index contributed by atoms with van der Waals surface area (Å²) >= 11 is 0. The molecular weight excluding hydrogens is 216 g/mol. The molecule has 0 aromatic heterocycles. The van der Waals surface area contributed by atoms with Crippen molar-refractivity contribution in [3.05, 3.63) is 0 Å². The van der Waals surface area contributed by atoms with Crippen molar-refractivity contribution in [3.63, 3.8) is 0 Å². The van der Waals surface area contributed by atoms with Gasteiger partial charge in [-0.2, -0.15) is 0 Å². The lowest BCUT2D eigenvalue weighted by atomic mass is 9.97. The van der Waals surface area contributed by atoms with E-state index in [9.17, 15) is 4.79 Å². The Balaban J connectivity index is 2.12. The van der Waals surface area contributed by atoms with Crippen LogP contribution in [0, 0.1) is 0 Å². The number of aliphatic carboxylic acids is 1. The predicted octanol–water partition coefficient (Wildman–Crippen LogP) is 1.76. The number of hydrogen-bond acceptors (Lipinski definition) is 3. The van der Waals surface area contributed by atoms with Crippen LogP contribution in [-0.2, 0) is 4.79 Å². The third-order valence-corrected chi connectivity index (χ3v) is 4.43. The van der Waals surface area contributed by atoms with Crippen LogP contribution in [0.5, 0.6) is 0 Å². The van der Waals surface area contributed by atoms with E-state index in [0.29, 0.717) is 0 Å². The number of likely N-dealkylation sites (tertiary alicyclic amines) is 2. The van der Waals surface area contributed by atoms with Gasteiger partial charge >= 0.3 is 5.97 Å². The summed E-state index contributed by atoms with van der Waals surface area (Å²) in [7, 11) is 0. The van der Waals surface area contributed by atoms with Gasteiger partial charge in [-0.3, -0.25) is 14.6 Å². The molecule has 1 atom stereocenters. The summed E-state index contributed by atoms with van der Waals surface area (Å²) in [4.78, 5) is 15.7. The molecule has 2 aliphatic heterocycles. The van der Waals surface area contributed by atoms with Crippen molar-refractivity contribution in [3.8, 4) is 0 Å². The van der Waals surface area contributed by atoms with Crippen molar-refractivity contribution < 1.29 is 9.90 Å². The zero-order valence-electron chi connectivity index (χ0n) is 10.8. The second kappa shape index (κ2) is 5.36. The SMILES string of the molecule is CCC1(N2CCCCC2)CCCN1CC(=O)O. The Morgan fingerprint density at radius 1 is 1.18 bits per heavy atom. The van der Waals surface area contributed by atoms with Crippen molar-refractivity contribution in [2.24, 2.45) is 0 Å². The minimum absolute atomic E-state index is 0.0405. The first-order chi connectivity index (χ1) is 8.19. The number of carboxylic acids is 1. The molecule has 0 aliphatic carbocycles.